The summed E-state index contributed by atoms with van der Waals surface area (Å²) in [4.78, 5) is 0. The van der Waals surface area contributed by atoms with Crippen molar-refractivity contribution >= 4 is 10.1 Å². The van der Waals surface area contributed by atoms with Crippen LogP contribution in [0.1, 0.15) is 0 Å². The Morgan fingerprint density at radius 3 is 1.33 bits per heavy atom. The Kier molecular flexibility index (Phi) is 10.4. The summed E-state index contributed by atoms with van der Waals surface area (Å²) in [5.41, 5.74) is -5.53. The molecule has 0 aromatic rings. The molecule has 0 unspecified atom stereocenters. The summed E-state index contributed by atoms with van der Waals surface area (Å²) in [7, 11) is -5.84. The first-order chi connectivity index (χ1) is 4.66. The topological polar surface area (TPSA) is 54.4 Å². The minimum absolute atomic E-state index is 0. The van der Waals surface area contributed by atoms with E-state index in [4.69, 9.17) is 13.0 Å². The maximum absolute atomic E-state index is 10.7. The van der Waals surface area contributed by atoms with E-state index in [0.717, 1.165) is 0 Å². The molecule has 0 bridgehead atoms. The van der Waals surface area contributed by atoms with Crippen LogP contribution >= 0.6 is 0 Å². The molecule has 0 rings (SSSR count). The molecule has 0 aromatic carbocycles. The van der Waals surface area contributed by atoms with Crippen molar-refractivity contribution in [1.82, 2.24) is 0 Å². The summed E-state index contributed by atoms with van der Waals surface area (Å²) < 4.78 is 57.5. The van der Waals surface area contributed by atoms with Crippen molar-refractivity contribution in [2.75, 3.05) is 0 Å². The van der Waals surface area contributed by atoms with Gasteiger partial charge in [-0.05, 0) is 20.3 Å². The second-order valence-corrected chi connectivity index (χ2v) is 2.62. The van der Waals surface area contributed by atoms with E-state index < -0.39 is 15.6 Å². The van der Waals surface area contributed by atoms with E-state index in [2.05, 4.69) is 13.8 Å². The molecule has 0 heterocycles. The molecule has 0 saturated carbocycles. The monoisotopic (exact) mass is 297 g/mol. The molecule has 3 nitrogen and oxygen atoms in total. The van der Waals surface area contributed by atoms with Gasteiger partial charge in [0.15, 0.2) is 0 Å². The Balaban J connectivity index is -0.000000177. The predicted molar refractivity (Wildman–Crippen MR) is 32.6 cm³/mol. The summed E-state index contributed by atoms with van der Waals surface area (Å²) in [6.07, 6.45) is 1.50. The first kappa shape index (κ1) is 18.2. The minimum Gasteiger partial charge on any atom is -0.279 e. The van der Waals surface area contributed by atoms with Gasteiger partial charge < -0.3 is 0 Å². The number of halogens is 3. The van der Waals surface area contributed by atoms with Crippen LogP contribution in [-0.4, -0.2) is 18.5 Å². The number of rotatable bonds is 0. The van der Waals surface area contributed by atoms with Gasteiger partial charge >= 0.3 is 15.6 Å². The minimum atomic E-state index is -5.84. The van der Waals surface area contributed by atoms with Gasteiger partial charge in [0, 0.05) is 20.4 Å². The second kappa shape index (κ2) is 6.83. The van der Waals surface area contributed by atoms with Crippen LogP contribution < -0.4 is 0 Å². The molecule has 12 heavy (non-hydrogen) atoms. The molecule has 0 aliphatic rings. The smallest absolute Gasteiger partial charge is 0.279 e. The van der Waals surface area contributed by atoms with Gasteiger partial charge in [-0.3, -0.25) is 4.55 Å². The maximum Gasteiger partial charge on any atom is 0.522 e. The Morgan fingerprint density at radius 1 is 1.25 bits per heavy atom. The molecule has 0 spiro atoms. The fourth-order valence-electron chi connectivity index (χ4n) is 0. The first-order valence-corrected chi connectivity index (χ1v) is 3.54. The van der Waals surface area contributed by atoms with Crippen molar-refractivity contribution in [3.63, 3.8) is 0 Å². The van der Waals surface area contributed by atoms with Crippen molar-refractivity contribution in [2.45, 2.75) is 5.51 Å². The van der Waals surface area contributed by atoms with E-state index in [0.29, 0.717) is 0 Å². The van der Waals surface area contributed by atoms with Crippen molar-refractivity contribution in [1.29, 1.82) is 0 Å². The van der Waals surface area contributed by atoms with Gasteiger partial charge in [0.2, 0.25) is 0 Å². The van der Waals surface area contributed by atoms with E-state index in [-0.39, 0.29) is 20.4 Å². The van der Waals surface area contributed by atoms with Crippen molar-refractivity contribution in [3.05, 3.63) is 20.3 Å². The molecule has 0 aliphatic heterocycles. The number of alkyl halides is 3. The third kappa shape index (κ3) is 10.4. The zero-order valence-electron chi connectivity index (χ0n) is 5.61. The van der Waals surface area contributed by atoms with Crippen LogP contribution in [0.4, 0.5) is 13.2 Å². The summed E-state index contributed by atoms with van der Waals surface area (Å²) >= 11 is 0. The number of hydrogen-bond donors (Lipinski definition) is 1. The Bertz CT molecular complexity index is 186. The van der Waals surface area contributed by atoms with Crippen LogP contribution in [0.2, 0.25) is 0 Å². The average Bonchev–Trinajstić information content (AvgIpc) is 1.60. The molecular weight excluding hydrogens is 292 g/mol. The van der Waals surface area contributed by atoms with E-state index in [1.54, 1.807) is 0 Å². The molecule has 0 fully saturated rings. The quantitative estimate of drug-likeness (QED) is 0.416. The molecule has 0 saturated heterocycles. The normalized spacial score (nSPS) is 10.8. The first-order valence-electron chi connectivity index (χ1n) is 2.10. The van der Waals surface area contributed by atoms with Crippen LogP contribution in [0.25, 0.3) is 0 Å². The maximum atomic E-state index is 10.7. The molecule has 3 radical (unpaired) electrons. The Hall–Kier alpha value is 0.362. The van der Waals surface area contributed by atoms with Gasteiger partial charge in [-0.25, -0.2) is 0 Å². The summed E-state index contributed by atoms with van der Waals surface area (Å²) in [5, 5.41) is 0. The Labute approximate surface area is 82.7 Å². The molecule has 77 valence electrons. The Morgan fingerprint density at radius 2 is 1.33 bits per heavy atom. The average molecular weight is 298 g/mol. The standard InChI is InChI=1S/C3H5.CHF3O3S.Pd/c1-3-2;2-1(3,4)8(5,6)7;/h3H,1-2H2;(H,5,6,7);. The zero-order chi connectivity index (χ0) is 9.71. The third-order valence-electron chi connectivity index (χ3n) is 0.292. The fourth-order valence-corrected chi connectivity index (χ4v) is 0. The molecule has 8 heteroatoms. The van der Waals surface area contributed by atoms with Crippen LogP contribution in [0.5, 0.6) is 0 Å². The van der Waals surface area contributed by atoms with E-state index in [1.807, 2.05) is 0 Å². The molecule has 0 aliphatic carbocycles. The molecule has 1 N–H and O–H groups in total. The van der Waals surface area contributed by atoms with Gasteiger partial charge in [0.25, 0.3) is 0 Å². The SMILES string of the molecule is O=S(=O)(O)C(F)(F)F.[CH2][CH][CH2].[Pd]. The van der Waals surface area contributed by atoms with E-state index >= 15 is 0 Å². The van der Waals surface area contributed by atoms with Crippen LogP contribution in [0, 0.1) is 20.3 Å². The van der Waals surface area contributed by atoms with Gasteiger partial charge in [-0.2, -0.15) is 21.6 Å². The third-order valence-corrected chi connectivity index (χ3v) is 0.877. The number of hydrogen-bond acceptors (Lipinski definition) is 2. The van der Waals surface area contributed by atoms with Gasteiger partial charge in [0.05, 0.1) is 0 Å². The molecule has 0 atom stereocenters. The molecule has 0 aromatic heterocycles. The fraction of sp³-hybridized carbons (Fsp3) is 0.250. The summed E-state index contributed by atoms with van der Waals surface area (Å²) in [6.45, 7) is 6.50. The van der Waals surface area contributed by atoms with Crippen LogP contribution in [-0.2, 0) is 30.5 Å². The largest absolute Gasteiger partial charge is 0.522 e. The van der Waals surface area contributed by atoms with Gasteiger partial charge in [-0.1, -0.05) is 0 Å². The van der Waals surface area contributed by atoms with Crippen molar-refractivity contribution in [3.8, 4) is 0 Å². The second-order valence-electron chi connectivity index (χ2n) is 1.21. The van der Waals surface area contributed by atoms with Crippen LogP contribution in [0.15, 0.2) is 0 Å². The molecule has 0 amide bonds. The molecular formula is C4H6F3O3PdS. The van der Waals surface area contributed by atoms with Crippen LogP contribution in [0.3, 0.4) is 0 Å². The van der Waals surface area contributed by atoms with E-state index in [1.165, 1.54) is 6.42 Å². The van der Waals surface area contributed by atoms with Crippen molar-refractivity contribution in [2.24, 2.45) is 0 Å². The van der Waals surface area contributed by atoms with Gasteiger partial charge in [0.1, 0.15) is 0 Å². The zero-order valence-corrected chi connectivity index (χ0v) is 7.98. The van der Waals surface area contributed by atoms with Gasteiger partial charge in [-0.15, -0.1) is 0 Å². The summed E-state index contributed by atoms with van der Waals surface area (Å²) in [5.74, 6) is 0. The van der Waals surface area contributed by atoms with E-state index in [9.17, 15) is 13.2 Å². The predicted octanol–water partition coefficient (Wildman–Crippen LogP) is 1.25. The summed E-state index contributed by atoms with van der Waals surface area (Å²) in [6, 6.07) is 0. The van der Waals surface area contributed by atoms with Crippen molar-refractivity contribution < 1.29 is 46.6 Å².